The molecule has 0 bridgehead atoms. The summed E-state index contributed by atoms with van der Waals surface area (Å²) < 4.78 is 10.9. The summed E-state index contributed by atoms with van der Waals surface area (Å²) in [6.07, 6.45) is 0. The highest BCUT2D eigenvalue weighted by Gasteiger charge is 2.51. The van der Waals surface area contributed by atoms with E-state index in [0.717, 1.165) is 34.9 Å². The molecule has 1 aliphatic rings. The van der Waals surface area contributed by atoms with Gasteiger partial charge in [-0.1, -0.05) is 36.9 Å². The Morgan fingerprint density at radius 2 is 1.82 bits per heavy atom. The van der Waals surface area contributed by atoms with Gasteiger partial charge in [0, 0.05) is 17.8 Å². The minimum absolute atomic E-state index is 0.104. The van der Waals surface area contributed by atoms with Gasteiger partial charge in [0.25, 0.3) is 0 Å². The minimum atomic E-state index is -0.104. The van der Waals surface area contributed by atoms with E-state index in [9.17, 15) is 0 Å². The quantitative estimate of drug-likeness (QED) is 0.781. The number of nitrogens with zero attached hydrogens (tertiary/aromatic N) is 1. The first kappa shape index (κ1) is 14.5. The average molecular weight is 295 g/mol. The lowest BCUT2D eigenvalue weighted by molar-refractivity contribution is 0.390. The molecule has 1 unspecified atom stereocenters. The Kier molecular flexibility index (Phi) is 3.57. The van der Waals surface area contributed by atoms with E-state index in [-0.39, 0.29) is 5.54 Å². The third-order valence-corrected chi connectivity index (χ3v) is 4.38. The normalized spacial score (nSPS) is 19.7. The first-order valence-electron chi connectivity index (χ1n) is 7.34. The van der Waals surface area contributed by atoms with E-state index in [1.54, 1.807) is 14.2 Å². The fraction of sp³-hybridized carbons (Fsp3) is 0.263. The summed E-state index contributed by atoms with van der Waals surface area (Å²) in [7, 11) is 3.38. The summed E-state index contributed by atoms with van der Waals surface area (Å²) in [5, 5.41) is 0. The summed E-state index contributed by atoms with van der Waals surface area (Å²) in [4.78, 5) is 2.29. The van der Waals surface area contributed by atoms with Gasteiger partial charge in [-0.2, -0.15) is 0 Å². The molecule has 1 fully saturated rings. The molecule has 0 N–H and O–H groups in total. The van der Waals surface area contributed by atoms with Crippen LogP contribution in [0.25, 0.3) is 5.70 Å². The monoisotopic (exact) mass is 295 g/mol. The Morgan fingerprint density at radius 1 is 1.09 bits per heavy atom. The number of benzene rings is 2. The van der Waals surface area contributed by atoms with E-state index in [4.69, 9.17) is 9.47 Å². The van der Waals surface area contributed by atoms with Crippen molar-refractivity contribution in [1.82, 2.24) is 4.90 Å². The summed E-state index contributed by atoms with van der Waals surface area (Å²) >= 11 is 0. The molecule has 0 spiro atoms. The highest BCUT2D eigenvalue weighted by atomic mass is 16.5. The van der Waals surface area contributed by atoms with E-state index in [1.807, 2.05) is 30.3 Å². The van der Waals surface area contributed by atoms with Crippen LogP contribution in [0, 0.1) is 0 Å². The molecule has 1 atom stereocenters. The number of methoxy groups -OCH3 is 2. The van der Waals surface area contributed by atoms with Crippen LogP contribution in [0.3, 0.4) is 0 Å². The maximum atomic E-state index is 5.53. The SMILES string of the molecule is C=C(c1ccccc1)N1CC1(C)c1cc(OC)ccc1OC. The van der Waals surface area contributed by atoms with Gasteiger partial charge in [0.2, 0.25) is 0 Å². The van der Waals surface area contributed by atoms with E-state index in [0.29, 0.717) is 0 Å². The standard InChI is InChI=1S/C19H21NO2/c1-14(15-8-6-5-7-9-15)20-13-19(20,2)17-12-16(21-3)10-11-18(17)22-4/h5-12H,1,13H2,2-4H3. The van der Waals surface area contributed by atoms with Gasteiger partial charge >= 0.3 is 0 Å². The highest BCUT2D eigenvalue weighted by molar-refractivity contribution is 5.67. The molecule has 2 aromatic carbocycles. The van der Waals surface area contributed by atoms with Crippen molar-refractivity contribution in [3.8, 4) is 11.5 Å². The molecule has 1 heterocycles. The van der Waals surface area contributed by atoms with E-state index < -0.39 is 0 Å². The molecule has 22 heavy (non-hydrogen) atoms. The van der Waals surface area contributed by atoms with Crippen LogP contribution in [-0.2, 0) is 5.54 Å². The first-order valence-corrected chi connectivity index (χ1v) is 7.34. The second-order valence-electron chi connectivity index (χ2n) is 5.74. The van der Waals surface area contributed by atoms with Crippen molar-refractivity contribution >= 4 is 5.70 Å². The molecule has 1 saturated heterocycles. The van der Waals surface area contributed by atoms with Gasteiger partial charge < -0.3 is 14.4 Å². The van der Waals surface area contributed by atoms with Crippen molar-refractivity contribution in [1.29, 1.82) is 0 Å². The molecule has 0 amide bonds. The lowest BCUT2D eigenvalue weighted by Crippen LogP contribution is -2.13. The molecule has 0 aromatic heterocycles. The zero-order valence-corrected chi connectivity index (χ0v) is 13.3. The van der Waals surface area contributed by atoms with Crippen LogP contribution in [0.2, 0.25) is 0 Å². The van der Waals surface area contributed by atoms with Crippen LogP contribution in [0.4, 0.5) is 0 Å². The lowest BCUT2D eigenvalue weighted by atomic mass is 9.99. The smallest absolute Gasteiger partial charge is 0.124 e. The Labute approximate surface area is 131 Å². The van der Waals surface area contributed by atoms with Gasteiger partial charge in [-0.05, 0) is 30.7 Å². The molecule has 0 saturated carbocycles. The van der Waals surface area contributed by atoms with Crippen LogP contribution in [0.5, 0.6) is 11.5 Å². The highest BCUT2D eigenvalue weighted by Crippen LogP contribution is 2.50. The Hall–Kier alpha value is -2.42. The predicted octanol–water partition coefficient (Wildman–Crippen LogP) is 3.91. The van der Waals surface area contributed by atoms with Crippen molar-refractivity contribution in [2.75, 3.05) is 20.8 Å². The van der Waals surface area contributed by atoms with Gasteiger partial charge in [-0.3, -0.25) is 0 Å². The van der Waals surface area contributed by atoms with Crippen LogP contribution < -0.4 is 9.47 Å². The van der Waals surface area contributed by atoms with Crippen molar-refractivity contribution in [2.45, 2.75) is 12.5 Å². The molecule has 2 aromatic rings. The lowest BCUT2D eigenvalue weighted by Gasteiger charge is -2.19. The average Bonchev–Trinajstić information content (AvgIpc) is 3.27. The first-order chi connectivity index (χ1) is 10.6. The molecule has 1 aliphatic heterocycles. The largest absolute Gasteiger partial charge is 0.497 e. The van der Waals surface area contributed by atoms with Gasteiger partial charge in [0.15, 0.2) is 0 Å². The van der Waals surface area contributed by atoms with Crippen LogP contribution in [0.15, 0.2) is 55.1 Å². The summed E-state index contributed by atoms with van der Waals surface area (Å²) in [6, 6.07) is 16.2. The van der Waals surface area contributed by atoms with Crippen LogP contribution in [0.1, 0.15) is 18.1 Å². The molecule has 3 heteroatoms. The molecule has 3 rings (SSSR count). The topological polar surface area (TPSA) is 21.5 Å². The molecule has 114 valence electrons. The fourth-order valence-electron chi connectivity index (χ4n) is 2.92. The Morgan fingerprint density at radius 3 is 2.45 bits per heavy atom. The Bertz CT molecular complexity index is 696. The maximum Gasteiger partial charge on any atom is 0.124 e. The van der Waals surface area contributed by atoms with Crippen LogP contribution in [-0.4, -0.2) is 25.7 Å². The summed E-state index contributed by atoms with van der Waals surface area (Å²) in [5.74, 6) is 1.72. The molecule has 0 radical (unpaired) electrons. The number of ether oxygens (including phenoxy) is 2. The molecular formula is C19H21NO2. The van der Waals surface area contributed by atoms with Crippen molar-refractivity contribution in [3.05, 3.63) is 66.2 Å². The van der Waals surface area contributed by atoms with Gasteiger partial charge in [-0.25, -0.2) is 0 Å². The van der Waals surface area contributed by atoms with Crippen molar-refractivity contribution in [3.63, 3.8) is 0 Å². The van der Waals surface area contributed by atoms with E-state index >= 15 is 0 Å². The molecule has 0 aliphatic carbocycles. The fourth-order valence-corrected chi connectivity index (χ4v) is 2.92. The second-order valence-corrected chi connectivity index (χ2v) is 5.74. The van der Waals surface area contributed by atoms with Gasteiger partial charge in [0.1, 0.15) is 11.5 Å². The van der Waals surface area contributed by atoms with Crippen LogP contribution >= 0.6 is 0 Å². The van der Waals surface area contributed by atoms with E-state index in [2.05, 4.69) is 36.6 Å². The third kappa shape index (κ3) is 2.33. The summed E-state index contributed by atoms with van der Waals surface area (Å²) in [6.45, 7) is 7.39. The number of hydrogen-bond donors (Lipinski definition) is 0. The Balaban J connectivity index is 1.92. The number of hydrogen-bond acceptors (Lipinski definition) is 3. The predicted molar refractivity (Wildman–Crippen MR) is 89.1 cm³/mol. The van der Waals surface area contributed by atoms with Crippen molar-refractivity contribution < 1.29 is 9.47 Å². The van der Waals surface area contributed by atoms with Crippen molar-refractivity contribution in [2.24, 2.45) is 0 Å². The second kappa shape index (κ2) is 5.41. The molecule has 3 nitrogen and oxygen atoms in total. The number of rotatable bonds is 5. The van der Waals surface area contributed by atoms with Gasteiger partial charge in [0.05, 0.1) is 19.8 Å². The maximum absolute atomic E-state index is 5.53. The zero-order chi connectivity index (χ0) is 15.7. The minimum Gasteiger partial charge on any atom is -0.497 e. The molecular weight excluding hydrogens is 274 g/mol. The van der Waals surface area contributed by atoms with E-state index in [1.165, 1.54) is 0 Å². The zero-order valence-electron chi connectivity index (χ0n) is 13.3. The third-order valence-electron chi connectivity index (χ3n) is 4.38. The van der Waals surface area contributed by atoms with Gasteiger partial charge in [-0.15, -0.1) is 0 Å². The summed E-state index contributed by atoms with van der Waals surface area (Å²) in [5.41, 5.74) is 3.21.